The van der Waals surface area contributed by atoms with Crippen molar-refractivity contribution < 1.29 is 9.90 Å². The van der Waals surface area contributed by atoms with Crippen LogP contribution in [0.5, 0.6) is 0 Å². The molecule has 1 aromatic heterocycles. The number of aromatic nitrogens is 2. The van der Waals surface area contributed by atoms with Crippen molar-refractivity contribution in [2.75, 3.05) is 0 Å². The maximum atomic E-state index is 11.8. The molecule has 96 valence electrons. The van der Waals surface area contributed by atoms with E-state index in [4.69, 9.17) is 0 Å². The summed E-state index contributed by atoms with van der Waals surface area (Å²) in [7, 11) is 0. The van der Waals surface area contributed by atoms with Crippen molar-refractivity contribution in [3.63, 3.8) is 0 Å². The third-order valence-corrected chi connectivity index (χ3v) is 3.15. The lowest BCUT2D eigenvalue weighted by molar-refractivity contribution is -0.124. The van der Waals surface area contributed by atoms with E-state index < -0.39 is 6.10 Å². The fourth-order valence-corrected chi connectivity index (χ4v) is 1.96. The highest BCUT2D eigenvalue weighted by atomic mass is 16.3. The third-order valence-electron chi connectivity index (χ3n) is 3.15. The van der Waals surface area contributed by atoms with Gasteiger partial charge in [-0.15, -0.1) is 0 Å². The molecule has 0 aliphatic carbocycles. The Morgan fingerprint density at radius 3 is 2.35 bits per heavy atom. The standard InChI is InChI=1S/C13H22N2O2/c1-8(13(17)6-9(2)16)7-15-11(4)10(3)14-12(15)5/h8-9,16H,6-7H2,1-5H3. The molecular weight excluding hydrogens is 216 g/mol. The van der Waals surface area contributed by atoms with E-state index in [9.17, 15) is 9.90 Å². The monoisotopic (exact) mass is 238 g/mol. The normalized spacial score (nSPS) is 14.7. The maximum Gasteiger partial charge on any atom is 0.140 e. The van der Waals surface area contributed by atoms with E-state index in [-0.39, 0.29) is 18.1 Å². The molecule has 1 N–H and O–H groups in total. The molecule has 0 spiro atoms. The van der Waals surface area contributed by atoms with Crippen molar-refractivity contribution in [3.8, 4) is 0 Å². The molecular formula is C13H22N2O2. The van der Waals surface area contributed by atoms with Crippen molar-refractivity contribution in [2.24, 2.45) is 5.92 Å². The molecule has 0 saturated heterocycles. The summed E-state index contributed by atoms with van der Waals surface area (Å²) in [5.41, 5.74) is 2.12. The van der Waals surface area contributed by atoms with E-state index in [2.05, 4.69) is 9.55 Å². The Kier molecular flexibility index (Phi) is 4.46. The van der Waals surface area contributed by atoms with Crippen LogP contribution < -0.4 is 0 Å². The van der Waals surface area contributed by atoms with Gasteiger partial charge in [0.1, 0.15) is 11.6 Å². The molecule has 0 bridgehead atoms. The van der Waals surface area contributed by atoms with Gasteiger partial charge in [-0.3, -0.25) is 4.79 Å². The van der Waals surface area contributed by atoms with Gasteiger partial charge in [0.15, 0.2) is 0 Å². The largest absolute Gasteiger partial charge is 0.393 e. The highest BCUT2D eigenvalue weighted by molar-refractivity contribution is 5.81. The van der Waals surface area contributed by atoms with Gasteiger partial charge in [0, 0.05) is 24.6 Å². The molecule has 0 fully saturated rings. The topological polar surface area (TPSA) is 55.1 Å². The molecule has 0 aliphatic heterocycles. The van der Waals surface area contributed by atoms with Gasteiger partial charge in [0.05, 0.1) is 11.8 Å². The van der Waals surface area contributed by atoms with Crippen molar-refractivity contribution in [1.82, 2.24) is 9.55 Å². The van der Waals surface area contributed by atoms with Gasteiger partial charge >= 0.3 is 0 Å². The second kappa shape index (κ2) is 5.45. The van der Waals surface area contributed by atoms with Crippen LogP contribution in [0.25, 0.3) is 0 Å². The van der Waals surface area contributed by atoms with Crippen molar-refractivity contribution in [2.45, 2.75) is 53.7 Å². The summed E-state index contributed by atoms with van der Waals surface area (Å²) >= 11 is 0. The highest BCUT2D eigenvalue weighted by Crippen LogP contribution is 2.14. The van der Waals surface area contributed by atoms with Crippen LogP contribution in [0.1, 0.15) is 37.5 Å². The lowest BCUT2D eigenvalue weighted by Gasteiger charge is -2.15. The molecule has 0 aromatic carbocycles. The van der Waals surface area contributed by atoms with Gasteiger partial charge in [0.25, 0.3) is 0 Å². The summed E-state index contributed by atoms with van der Waals surface area (Å²) in [5.74, 6) is 0.956. The van der Waals surface area contributed by atoms with Gasteiger partial charge in [-0.1, -0.05) is 6.92 Å². The third kappa shape index (κ3) is 3.40. The molecule has 0 saturated carbocycles. The van der Waals surface area contributed by atoms with E-state index >= 15 is 0 Å². The first-order valence-electron chi connectivity index (χ1n) is 6.04. The van der Waals surface area contributed by atoms with Crippen molar-refractivity contribution in [1.29, 1.82) is 0 Å². The number of carbonyl (C=O) groups excluding carboxylic acids is 1. The summed E-state index contributed by atoms with van der Waals surface area (Å²) in [6.45, 7) is 10.1. The molecule has 1 rings (SSSR count). The Hall–Kier alpha value is -1.16. The molecule has 17 heavy (non-hydrogen) atoms. The van der Waals surface area contributed by atoms with E-state index in [1.165, 1.54) is 0 Å². The lowest BCUT2D eigenvalue weighted by Crippen LogP contribution is -2.22. The van der Waals surface area contributed by atoms with Crippen LogP contribution in [0.2, 0.25) is 0 Å². The SMILES string of the molecule is Cc1nc(C)n(CC(C)C(=O)CC(C)O)c1C. The van der Waals surface area contributed by atoms with Gasteiger partial charge in [0.2, 0.25) is 0 Å². The predicted octanol–water partition coefficient (Wildman–Crippen LogP) is 1.78. The molecule has 1 heterocycles. The predicted molar refractivity (Wildman–Crippen MR) is 66.9 cm³/mol. The fourth-order valence-electron chi connectivity index (χ4n) is 1.96. The Morgan fingerprint density at radius 1 is 1.35 bits per heavy atom. The molecule has 1 aromatic rings. The quantitative estimate of drug-likeness (QED) is 0.850. The average molecular weight is 238 g/mol. The minimum absolute atomic E-state index is 0.0874. The number of carbonyl (C=O) groups is 1. The Bertz CT molecular complexity index is 408. The second-order valence-electron chi connectivity index (χ2n) is 4.86. The van der Waals surface area contributed by atoms with Crippen LogP contribution in [0.15, 0.2) is 0 Å². The average Bonchev–Trinajstić information content (AvgIpc) is 2.44. The summed E-state index contributed by atoms with van der Waals surface area (Å²) in [6.07, 6.45) is -0.330. The molecule has 4 heteroatoms. The molecule has 2 atom stereocenters. The van der Waals surface area contributed by atoms with E-state index in [0.29, 0.717) is 6.54 Å². The minimum atomic E-state index is -0.559. The Labute approximate surface area is 103 Å². The zero-order valence-corrected chi connectivity index (χ0v) is 11.3. The number of hydrogen-bond acceptors (Lipinski definition) is 3. The van der Waals surface area contributed by atoms with Gasteiger partial charge in [-0.25, -0.2) is 4.98 Å². The number of Topliss-reactive ketones (excluding diaryl/α,β-unsaturated/α-hetero) is 1. The summed E-state index contributed by atoms with van der Waals surface area (Å²) in [4.78, 5) is 16.2. The number of aliphatic hydroxyl groups is 1. The Balaban J connectivity index is 2.74. The number of imidazole rings is 1. The van der Waals surface area contributed by atoms with Crippen molar-refractivity contribution in [3.05, 3.63) is 17.2 Å². The van der Waals surface area contributed by atoms with Crippen LogP contribution in [-0.2, 0) is 11.3 Å². The number of ketones is 1. The van der Waals surface area contributed by atoms with Crippen molar-refractivity contribution >= 4 is 5.78 Å². The number of aryl methyl sites for hydroxylation is 2. The molecule has 2 unspecified atom stereocenters. The zero-order chi connectivity index (χ0) is 13.2. The smallest absolute Gasteiger partial charge is 0.140 e. The maximum absolute atomic E-state index is 11.8. The summed E-state index contributed by atoms with van der Waals surface area (Å²) in [6, 6.07) is 0. The zero-order valence-electron chi connectivity index (χ0n) is 11.3. The van der Waals surface area contributed by atoms with Crippen LogP contribution in [0, 0.1) is 26.7 Å². The van der Waals surface area contributed by atoms with Crippen LogP contribution in [-0.4, -0.2) is 26.5 Å². The van der Waals surface area contributed by atoms with Gasteiger partial charge in [-0.05, 0) is 27.7 Å². The van der Waals surface area contributed by atoms with Crippen LogP contribution in [0.4, 0.5) is 0 Å². The first-order chi connectivity index (χ1) is 7.82. The van der Waals surface area contributed by atoms with Gasteiger partial charge < -0.3 is 9.67 Å². The number of nitrogens with zero attached hydrogens (tertiary/aromatic N) is 2. The molecule has 0 amide bonds. The highest BCUT2D eigenvalue weighted by Gasteiger charge is 2.18. The number of aliphatic hydroxyl groups excluding tert-OH is 1. The molecule has 0 aliphatic rings. The number of hydrogen-bond donors (Lipinski definition) is 1. The first kappa shape index (κ1) is 13.9. The summed E-state index contributed by atoms with van der Waals surface area (Å²) < 4.78 is 2.07. The van der Waals surface area contributed by atoms with E-state index in [1.807, 2.05) is 27.7 Å². The lowest BCUT2D eigenvalue weighted by atomic mass is 10.0. The summed E-state index contributed by atoms with van der Waals surface area (Å²) in [5, 5.41) is 9.21. The number of rotatable bonds is 5. The van der Waals surface area contributed by atoms with E-state index in [0.717, 1.165) is 17.2 Å². The van der Waals surface area contributed by atoms with Crippen LogP contribution in [0.3, 0.4) is 0 Å². The Morgan fingerprint density at radius 2 is 1.94 bits per heavy atom. The minimum Gasteiger partial charge on any atom is -0.393 e. The van der Waals surface area contributed by atoms with E-state index in [1.54, 1.807) is 6.92 Å². The molecule has 4 nitrogen and oxygen atoms in total. The second-order valence-corrected chi connectivity index (χ2v) is 4.86. The van der Waals surface area contributed by atoms with Crippen LogP contribution >= 0.6 is 0 Å². The van der Waals surface area contributed by atoms with Gasteiger partial charge in [-0.2, -0.15) is 0 Å². The molecule has 0 radical (unpaired) electrons. The fraction of sp³-hybridized carbons (Fsp3) is 0.692. The first-order valence-corrected chi connectivity index (χ1v) is 6.04.